The first kappa shape index (κ1) is 11.6. The summed E-state index contributed by atoms with van der Waals surface area (Å²) in [4.78, 5) is 10.5. The normalized spacial score (nSPS) is 10.8. The highest BCUT2D eigenvalue weighted by Gasteiger charge is 2.09. The van der Waals surface area contributed by atoms with E-state index in [4.69, 9.17) is 11.6 Å². The predicted octanol–water partition coefficient (Wildman–Crippen LogP) is 3.50. The molecule has 5 heteroatoms. The van der Waals surface area contributed by atoms with Crippen molar-refractivity contribution in [1.82, 2.24) is 9.97 Å². The monoisotopic (exact) mass is 299 g/mol. The van der Waals surface area contributed by atoms with Crippen molar-refractivity contribution < 1.29 is 0 Å². The lowest BCUT2D eigenvalue weighted by molar-refractivity contribution is 0.940. The summed E-state index contributed by atoms with van der Waals surface area (Å²) in [5, 5.41) is 1.29. The number of nitrogens with zero attached hydrogens (tertiary/aromatic N) is 3. The molecule has 0 saturated heterocycles. The molecule has 1 heterocycles. The highest BCUT2D eigenvalue weighted by atomic mass is 79.9. The first-order valence-electron chi connectivity index (χ1n) is 4.95. The number of hydrogen-bond acceptors (Lipinski definition) is 3. The van der Waals surface area contributed by atoms with Crippen LogP contribution in [0.2, 0.25) is 5.28 Å². The molecule has 0 unspecified atom stereocenters. The summed E-state index contributed by atoms with van der Waals surface area (Å²) < 4.78 is 1.01. The second-order valence-corrected chi connectivity index (χ2v) is 4.75. The van der Waals surface area contributed by atoms with Crippen molar-refractivity contribution in [3.63, 3.8) is 0 Å². The zero-order valence-corrected chi connectivity index (χ0v) is 11.4. The van der Waals surface area contributed by atoms with Crippen LogP contribution in [0.25, 0.3) is 10.9 Å². The van der Waals surface area contributed by atoms with E-state index in [0.717, 1.165) is 27.7 Å². The van der Waals surface area contributed by atoms with Crippen LogP contribution in [0.3, 0.4) is 0 Å². The molecule has 1 aromatic carbocycles. The van der Waals surface area contributed by atoms with Crippen molar-refractivity contribution in [2.45, 2.75) is 6.92 Å². The van der Waals surface area contributed by atoms with Gasteiger partial charge >= 0.3 is 0 Å². The smallest absolute Gasteiger partial charge is 0.224 e. The molecule has 0 aliphatic rings. The van der Waals surface area contributed by atoms with Gasteiger partial charge in [-0.15, -0.1) is 0 Å². The summed E-state index contributed by atoms with van der Waals surface area (Å²) in [6, 6.07) is 5.88. The van der Waals surface area contributed by atoms with Gasteiger partial charge in [0, 0.05) is 23.5 Å². The molecule has 0 N–H and O–H groups in total. The Morgan fingerprint density at radius 1 is 1.38 bits per heavy atom. The van der Waals surface area contributed by atoms with Crippen LogP contribution in [0, 0.1) is 0 Å². The molecule has 1 aromatic heterocycles. The molecule has 0 spiro atoms. The number of aromatic nitrogens is 2. The van der Waals surface area contributed by atoms with E-state index >= 15 is 0 Å². The second kappa shape index (κ2) is 4.55. The Kier molecular flexibility index (Phi) is 3.30. The predicted molar refractivity (Wildman–Crippen MR) is 71.2 cm³/mol. The minimum atomic E-state index is 0.283. The molecule has 0 amide bonds. The van der Waals surface area contributed by atoms with E-state index in [-0.39, 0.29) is 5.28 Å². The maximum atomic E-state index is 5.90. The van der Waals surface area contributed by atoms with Crippen molar-refractivity contribution >= 4 is 44.3 Å². The van der Waals surface area contributed by atoms with Gasteiger partial charge in [-0.25, -0.2) is 4.98 Å². The number of rotatable bonds is 2. The molecule has 0 bridgehead atoms. The topological polar surface area (TPSA) is 29.0 Å². The zero-order chi connectivity index (χ0) is 11.7. The molecule has 0 aliphatic heterocycles. The van der Waals surface area contributed by atoms with E-state index in [1.165, 1.54) is 0 Å². The molecule has 84 valence electrons. The average Bonchev–Trinajstić information content (AvgIpc) is 2.27. The first-order valence-corrected chi connectivity index (χ1v) is 6.13. The standard InChI is InChI=1S/C11H11BrClN3/c1-3-16(2)10-8-6-7(12)4-5-9(8)14-11(13)15-10/h4-6H,3H2,1-2H3. The van der Waals surface area contributed by atoms with Gasteiger partial charge in [0.25, 0.3) is 0 Å². The van der Waals surface area contributed by atoms with Crippen LogP contribution < -0.4 is 4.90 Å². The van der Waals surface area contributed by atoms with Gasteiger partial charge in [0.05, 0.1) is 5.52 Å². The molecule has 0 saturated carbocycles. The largest absolute Gasteiger partial charge is 0.359 e. The highest BCUT2D eigenvalue weighted by Crippen LogP contribution is 2.27. The Morgan fingerprint density at radius 3 is 2.81 bits per heavy atom. The molecule has 2 rings (SSSR count). The average molecular weight is 301 g/mol. The molecule has 16 heavy (non-hydrogen) atoms. The molecule has 0 aliphatic carbocycles. The molecule has 0 fully saturated rings. The van der Waals surface area contributed by atoms with E-state index in [2.05, 4.69) is 32.8 Å². The number of halogens is 2. The molecular formula is C11H11BrClN3. The van der Waals surface area contributed by atoms with Crippen molar-refractivity contribution in [3.8, 4) is 0 Å². The number of hydrogen-bond donors (Lipinski definition) is 0. The van der Waals surface area contributed by atoms with Crippen LogP contribution in [0.4, 0.5) is 5.82 Å². The van der Waals surface area contributed by atoms with E-state index in [1.807, 2.05) is 30.1 Å². The van der Waals surface area contributed by atoms with Crippen LogP contribution in [0.5, 0.6) is 0 Å². The fourth-order valence-electron chi connectivity index (χ4n) is 1.50. The highest BCUT2D eigenvalue weighted by molar-refractivity contribution is 9.10. The lowest BCUT2D eigenvalue weighted by Gasteiger charge is -2.17. The Bertz CT molecular complexity index is 530. The molecular weight excluding hydrogens is 289 g/mol. The third kappa shape index (κ3) is 2.13. The van der Waals surface area contributed by atoms with Crippen LogP contribution in [-0.4, -0.2) is 23.6 Å². The van der Waals surface area contributed by atoms with Gasteiger partial charge in [-0.1, -0.05) is 15.9 Å². The fraction of sp³-hybridized carbons (Fsp3) is 0.273. The van der Waals surface area contributed by atoms with Gasteiger partial charge in [0.1, 0.15) is 5.82 Å². The van der Waals surface area contributed by atoms with E-state index in [0.29, 0.717) is 0 Å². The third-order valence-corrected chi connectivity index (χ3v) is 3.11. The van der Waals surface area contributed by atoms with Crippen LogP contribution in [-0.2, 0) is 0 Å². The van der Waals surface area contributed by atoms with Gasteiger partial charge in [-0.2, -0.15) is 4.98 Å². The van der Waals surface area contributed by atoms with Gasteiger partial charge in [-0.05, 0) is 36.7 Å². The Labute approximate surface area is 108 Å². The molecule has 3 nitrogen and oxygen atoms in total. The fourth-order valence-corrected chi connectivity index (χ4v) is 2.03. The quantitative estimate of drug-likeness (QED) is 0.795. The number of anilines is 1. The first-order chi connectivity index (χ1) is 7.61. The summed E-state index contributed by atoms with van der Waals surface area (Å²) >= 11 is 9.35. The van der Waals surface area contributed by atoms with Crippen molar-refractivity contribution in [2.24, 2.45) is 0 Å². The van der Waals surface area contributed by atoms with Crippen LogP contribution in [0.1, 0.15) is 6.92 Å². The Balaban J connectivity index is 2.74. The van der Waals surface area contributed by atoms with E-state index in [1.54, 1.807) is 0 Å². The maximum absolute atomic E-state index is 5.90. The minimum absolute atomic E-state index is 0.283. The Hall–Kier alpha value is -0.870. The van der Waals surface area contributed by atoms with Gasteiger partial charge in [0.15, 0.2) is 0 Å². The summed E-state index contributed by atoms with van der Waals surface area (Å²) in [7, 11) is 1.99. The van der Waals surface area contributed by atoms with Gasteiger partial charge in [-0.3, -0.25) is 0 Å². The lowest BCUT2D eigenvalue weighted by Crippen LogP contribution is -2.18. The van der Waals surface area contributed by atoms with Crippen molar-refractivity contribution in [1.29, 1.82) is 0 Å². The van der Waals surface area contributed by atoms with Crippen LogP contribution >= 0.6 is 27.5 Å². The molecule has 0 atom stereocenters. The van der Waals surface area contributed by atoms with E-state index in [9.17, 15) is 0 Å². The summed E-state index contributed by atoms with van der Waals surface area (Å²) in [6.45, 7) is 2.94. The Morgan fingerprint density at radius 2 is 2.12 bits per heavy atom. The summed E-state index contributed by atoms with van der Waals surface area (Å²) in [6.07, 6.45) is 0. The van der Waals surface area contributed by atoms with E-state index < -0.39 is 0 Å². The SMILES string of the molecule is CCN(C)c1nc(Cl)nc2ccc(Br)cc12. The summed E-state index contributed by atoms with van der Waals surface area (Å²) in [5.41, 5.74) is 0.860. The number of benzene rings is 1. The van der Waals surface area contributed by atoms with Crippen molar-refractivity contribution in [3.05, 3.63) is 28.0 Å². The zero-order valence-electron chi connectivity index (χ0n) is 9.04. The summed E-state index contributed by atoms with van der Waals surface area (Å²) in [5.74, 6) is 0.860. The molecule has 2 aromatic rings. The third-order valence-electron chi connectivity index (χ3n) is 2.45. The van der Waals surface area contributed by atoms with Gasteiger partial charge in [0.2, 0.25) is 5.28 Å². The maximum Gasteiger partial charge on any atom is 0.224 e. The molecule has 0 radical (unpaired) electrons. The van der Waals surface area contributed by atoms with Crippen molar-refractivity contribution in [2.75, 3.05) is 18.5 Å². The van der Waals surface area contributed by atoms with Crippen LogP contribution in [0.15, 0.2) is 22.7 Å². The lowest BCUT2D eigenvalue weighted by atomic mass is 10.2. The van der Waals surface area contributed by atoms with Gasteiger partial charge < -0.3 is 4.90 Å². The number of fused-ring (bicyclic) bond motifs is 1. The minimum Gasteiger partial charge on any atom is -0.359 e. The second-order valence-electron chi connectivity index (χ2n) is 3.49.